The summed E-state index contributed by atoms with van der Waals surface area (Å²) >= 11 is 0. The predicted molar refractivity (Wildman–Crippen MR) is 65.2 cm³/mol. The quantitative estimate of drug-likeness (QED) is 0.774. The lowest BCUT2D eigenvalue weighted by molar-refractivity contribution is -0.937. The molecule has 1 aliphatic rings. The van der Waals surface area contributed by atoms with Crippen molar-refractivity contribution < 1.29 is 19.5 Å². The lowest BCUT2D eigenvalue weighted by Gasteiger charge is -2.33. The number of benzene rings is 1. The van der Waals surface area contributed by atoms with E-state index in [1.807, 2.05) is 24.3 Å². The van der Waals surface area contributed by atoms with Gasteiger partial charge in [-0.05, 0) is 25.0 Å². The van der Waals surface area contributed by atoms with Crippen molar-refractivity contribution in [3.63, 3.8) is 0 Å². The molecule has 0 spiro atoms. The maximum absolute atomic E-state index is 11.1. The van der Waals surface area contributed by atoms with Gasteiger partial charge in [-0.3, -0.25) is 0 Å². The van der Waals surface area contributed by atoms with Gasteiger partial charge in [-0.15, -0.1) is 0 Å². The van der Waals surface area contributed by atoms with Crippen LogP contribution in [-0.4, -0.2) is 25.7 Å². The summed E-state index contributed by atoms with van der Waals surface area (Å²) in [5.41, 5.74) is 1.06. The Morgan fingerprint density at radius 1 is 1.44 bits per heavy atom. The van der Waals surface area contributed by atoms with E-state index in [0.29, 0.717) is 13.0 Å². The number of methoxy groups -OCH3 is 1. The Hall–Kier alpha value is -1.55. The van der Waals surface area contributed by atoms with Crippen LogP contribution in [0.3, 0.4) is 0 Å². The molecule has 0 saturated carbocycles. The number of quaternary nitrogens is 1. The Balaban J connectivity index is 2.13. The molecule has 4 nitrogen and oxygen atoms in total. The average Bonchev–Trinajstić information content (AvgIpc) is 2.40. The first kappa shape index (κ1) is 12.9. The highest BCUT2D eigenvalue weighted by atomic mass is 16.5. The van der Waals surface area contributed by atoms with Crippen LogP contribution in [0.5, 0.6) is 5.75 Å². The van der Waals surface area contributed by atoms with Gasteiger partial charge < -0.3 is 19.5 Å². The Labute approximate surface area is 107 Å². The summed E-state index contributed by atoms with van der Waals surface area (Å²) < 4.78 is 5.31. The highest BCUT2D eigenvalue weighted by Crippen LogP contribution is 2.16. The normalized spacial score (nSPS) is 23.6. The van der Waals surface area contributed by atoms with E-state index in [9.17, 15) is 9.90 Å². The van der Waals surface area contributed by atoms with Crippen LogP contribution in [0.25, 0.3) is 0 Å². The maximum atomic E-state index is 11.1. The molecular formula is C14H19NO3. The second-order valence-corrected chi connectivity index (χ2v) is 4.76. The molecule has 0 aromatic heterocycles. The van der Waals surface area contributed by atoms with Crippen LogP contribution in [0.15, 0.2) is 24.3 Å². The van der Waals surface area contributed by atoms with E-state index in [4.69, 9.17) is 4.74 Å². The summed E-state index contributed by atoms with van der Waals surface area (Å²) in [6.07, 6.45) is 2.77. The number of aliphatic carboxylic acids is 1. The van der Waals surface area contributed by atoms with Crippen molar-refractivity contribution in [2.24, 2.45) is 0 Å². The number of carbonyl (C=O) groups excluding carboxylic acids is 1. The molecular weight excluding hydrogens is 230 g/mol. The number of hydrogen-bond donors (Lipinski definition) is 1. The number of rotatable bonds is 4. The SMILES string of the molecule is COc1ccccc1C[NH+]1CCCC[C@@H]1C(=O)[O-]. The van der Waals surface area contributed by atoms with Gasteiger partial charge in [-0.25, -0.2) is 0 Å². The number of carboxylic acid groups (broad SMARTS) is 1. The third-order valence-electron chi connectivity index (χ3n) is 3.63. The Morgan fingerprint density at radius 2 is 2.22 bits per heavy atom. The van der Waals surface area contributed by atoms with Gasteiger partial charge in [0.15, 0.2) is 0 Å². The van der Waals surface area contributed by atoms with E-state index in [0.717, 1.165) is 35.6 Å². The van der Waals surface area contributed by atoms with Crippen molar-refractivity contribution in [3.8, 4) is 5.75 Å². The second-order valence-electron chi connectivity index (χ2n) is 4.76. The monoisotopic (exact) mass is 249 g/mol. The van der Waals surface area contributed by atoms with Crippen molar-refractivity contribution in [3.05, 3.63) is 29.8 Å². The molecule has 0 aliphatic carbocycles. The molecule has 1 aromatic rings. The fraction of sp³-hybridized carbons (Fsp3) is 0.500. The minimum absolute atomic E-state index is 0.385. The lowest BCUT2D eigenvalue weighted by atomic mass is 10.0. The molecule has 1 N–H and O–H groups in total. The number of hydrogen-bond acceptors (Lipinski definition) is 3. The van der Waals surface area contributed by atoms with E-state index in [2.05, 4.69) is 0 Å². The molecule has 0 radical (unpaired) electrons. The highest BCUT2D eigenvalue weighted by molar-refractivity contribution is 5.69. The number of piperidine rings is 1. The van der Waals surface area contributed by atoms with Crippen molar-refractivity contribution in [1.82, 2.24) is 0 Å². The van der Waals surface area contributed by atoms with E-state index in [1.54, 1.807) is 7.11 Å². The summed E-state index contributed by atoms with van der Waals surface area (Å²) in [4.78, 5) is 12.2. The Bertz CT molecular complexity index is 419. The standard InChI is InChI=1S/C14H19NO3/c1-18-13-8-3-2-6-11(13)10-15-9-5-4-7-12(15)14(16)17/h2-3,6,8,12H,4-5,7,9-10H2,1H3,(H,16,17)/t12-/m1/s1. The van der Waals surface area contributed by atoms with E-state index < -0.39 is 5.97 Å². The van der Waals surface area contributed by atoms with Crippen LogP contribution < -0.4 is 14.7 Å². The van der Waals surface area contributed by atoms with Crippen molar-refractivity contribution in [2.45, 2.75) is 31.8 Å². The molecule has 2 atom stereocenters. The van der Waals surface area contributed by atoms with Gasteiger partial charge in [-0.1, -0.05) is 12.1 Å². The Kier molecular flexibility index (Phi) is 4.20. The number of nitrogens with one attached hydrogen (secondary N) is 1. The number of ether oxygens (including phenoxy) is 1. The molecule has 1 unspecified atom stereocenters. The van der Waals surface area contributed by atoms with Crippen LogP contribution in [0, 0.1) is 0 Å². The third-order valence-corrected chi connectivity index (χ3v) is 3.63. The van der Waals surface area contributed by atoms with Gasteiger partial charge in [0, 0.05) is 12.0 Å². The highest BCUT2D eigenvalue weighted by Gasteiger charge is 2.27. The largest absolute Gasteiger partial charge is 0.544 e. The smallest absolute Gasteiger partial charge is 0.128 e. The second kappa shape index (κ2) is 5.87. The van der Waals surface area contributed by atoms with E-state index in [1.165, 1.54) is 0 Å². The van der Waals surface area contributed by atoms with Gasteiger partial charge in [0.1, 0.15) is 18.3 Å². The number of para-hydroxylation sites is 1. The van der Waals surface area contributed by atoms with Crippen LogP contribution >= 0.6 is 0 Å². The topological polar surface area (TPSA) is 53.8 Å². The molecule has 1 fully saturated rings. The zero-order valence-corrected chi connectivity index (χ0v) is 10.6. The zero-order valence-electron chi connectivity index (χ0n) is 10.6. The molecule has 4 heteroatoms. The van der Waals surface area contributed by atoms with Crippen molar-refractivity contribution >= 4 is 5.97 Å². The Morgan fingerprint density at radius 3 is 2.94 bits per heavy atom. The zero-order chi connectivity index (χ0) is 13.0. The van der Waals surface area contributed by atoms with Gasteiger partial charge in [-0.2, -0.15) is 0 Å². The van der Waals surface area contributed by atoms with Crippen LogP contribution in [0.1, 0.15) is 24.8 Å². The summed E-state index contributed by atoms with van der Waals surface area (Å²) in [6.45, 7) is 1.57. The number of carbonyl (C=O) groups is 1. The lowest BCUT2D eigenvalue weighted by Crippen LogP contribution is -3.17. The van der Waals surface area contributed by atoms with Gasteiger partial charge in [0.05, 0.1) is 19.6 Å². The van der Waals surface area contributed by atoms with Gasteiger partial charge >= 0.3 is 0 Å². The molecule has 18 heavy (non-hydrogen) atoms. The minimum Gasteiger partial charge on any atom is -0.544 e. The molecule has 1 saturated heterocycles. The molecule has 0 bridgehead atoms. The van der Waals surface area contributed by atoms with Crippen LogP contribution in [0.4, 0.5) is 0 Å². The summed E-state index contributed by atoms with van der Waals surface area (Å²) in [7, 11) is 1.64. The van der Waals surface area contributed by atoms with Crippen molar-refractivity contribution in [1.29, 1.82) is 0 Å². The van der Waals surface area contributed by atoms with Gasteiger partial charge in [0.25, 0.3) is 0 Å². The van der Waals surface area contributed by atoms with Crippen molar-refractivity contribution in [2.75, 3.05) is 13.7 Å². The summed E-state index contributed by atoms with van der Waals surface area (Å²) in [6, 6.07) is 7.39. The van der Waals surface area contributed by atoms with Gasteiger partial charge in [0.2, 0.25) is 0 Å². The fourth-order valence-corrected chi connectivity index (χ4v) is 2.67. The van der Waals surface area contributed by atoms with E-state index in [-0.39, 0.29) is 6.04 Å². The number of carboxylic acids is 1. The maximum Gasteiger partial charge on any atom is 0.128 e. The molecule has 0 amide bonds. The van der Waals surface area contributed by atoms with Crippen LogP contribution in [0.2, 0.25) is 0 Å². The first-order valence-corrected chi connectivity index (χ1v) is 6.39. The molecule has 98 valence electrons. The predicted octanol–water partition coefficient (Wildman–Crippen LogP) is -0.617. The van der Waals surface area contributed by atoms with E-state index >= 15 is 0 Å². The summed E-state index contributed by atoms with van der Waals surface area (Å²) in [5.74, 6) is -0.104. The number of likely N-dealkylation sites (tertiary alicyclic amines) is 1. The molecule has 1 aliphatic heterocycles. The molecule has 2 rings (SSSR count). The fourth-order valence-electron chi connectivity index (χ4n) is 2.67. The minimum atomic E-state index is -0.931. The third kappa shape index (κ3) is 2.82. The summed E-state index contributed by atoms with van der Waals surface area (Å²) in [5, 5.41) is 11.1. The average molecular weight is 249 g/mol. The molecule has 1 heterocycles. The van der Waals surface area contributed by atoms with Crippen LogP contribution in [-0.2, 0) is 11.3 Å². The first-order chi connectivity index (χ1) is 8.72. The first-order valence-electron chi connectivity index (χ1n) is 6.39. The molecule has 1 aromatic carbocycles.